The molecule has 0 bridgehead atoms. The third kappa shape index (κ3) is 2.73. The number of ether oxygens (including phenoxy) is 1. The summed E-state index contributed by atoms with van der Waals surface area (Å²) < 4.78 is 6.91. The lowest BCUT2D eigenvalue weighted by molar-refractivity contribution is 0.103. The fourth-order valence-corrected chi connectivity index (χ4v) is 1.62. The Kier molecular flexibility index (Phi) is 3.79. The largest absolute Gasteiger partial charge is 0.492 e. The quantitative estimate of drug-likeness (QED) is 0.822. The maximum absolute atomic E-state index is 12.3. The minimum Gasteiger partial charge on any atom is -0.492 e. The molecule has 0 radical (unpaired) electrons. The lowest BCUT2D eigenvalue weighted by Gasteiger charge is -2.05. The molecule has 0 atom stereocenters. The molecule has 6 nitrogen and oxygen atoms in total. The number of nitrogens with two attached hydrogens (primary N) is 1. The molecule has 2 heterocycles. The van der Waals surface area contributed by atoms with Crippen LogP contribution in [0, 0.1) is 0 Å². The molecule has 6 heteroatoms. The van der Waals surface area contributed by atoms with Gasteiger partial charge in [0.2, 0.25) is 0 Å². The van der Waals surface area contributed by atoms with E-state index in [4.69, 9.17) is 10.5 Å². The van der Waals surface area contributed by atoms with Crippen LogP contribution >= 0.6 is 0 Å². The zero-order chi connectivity index (χ0) is 13.8. The molecule has 0 fully saturated rings. The van der Waals surface area contributed by atoms with Gasteiger partial charge in [0.05, 0.1) is 24.6 Å². The number of rotatable bonds is 5. The molecule has 2 rings (SSSR count). The van der Waals surface area contributed by atoms with Crippen LogP contribution < -0.4 is 10.5 Å². The Labute approximate surface area is 111 Å². The summed E-state index contributed by atoms with van der Waals surface area (Å²) in [5.41, 5.74) is 6.60. The number of nitrogens with zero attached hydrogens (tertiary/aromatic N) is 3. The third-order valence-corrected chi connectivity index (χ3v) is 2.68. The number of carbonyl (C=O) groups excluding carboxylic acids is 1. The summed E-state index contributed by atoms with van der Waals surface area (Å²) in [4.78, 5) is 16.3. The maximum atomic E-state index is 12.3. The van der Waals surface area contributed by atoms with Crippen molar-refractivity contribution in [3.8, 4) is 5.75 Å². The number of hydrogen-bond acceptors (Lipinski definition) is 5. The van der Waals surface area contributed by atoms with Crippen LogP contribution in [0.3, 0.4) is 0 Å². The van der Waals surface area contributed by atoms with Crippen LogP contribution in [-0.2, 0) is 7.05 Å². The van der Waals surface area contributed by atoms with Gasteiger partial charge in [-0.2, -0.15) is 5.10 Å². The summed E-state index contributed by atoms with van der Waals surface area (Å²) >= 11 is 0. The first-order valence-electron chi connectivity index (χ1n) is 6.03. The molecular weight excluding hydrogens is 244 g/mol. The van der Waals surface area contributed by atoms with Crippen LogP contribution in [0.1, 0.15) is 29.3 Å². The van der Waals surface area contributed by atoms with Gasteiger partial charge < -0.3 is 10.5 Å². The number of anilines is 1. The zero-order valence-corrected chi connectivity index (χ0v) is 11.0. The first kappa shape index (κ1) is 13.1. The van der Waals surface area contributed by atoms with Crippen LogP contribution in [0.2, 0.25) is 0 Å². The van der Waals surface area contributed by atoms with Gasteiger partial charge >= 0.3 is 0 Å². The normalized spacial score (nSPS) is 10.4. The van der Waals surface area contributed by atoms with E-state index in [2.05, 4.69) is 10.1 Å². The van der Waals surface area contributed by atoms with Crippen molar-refractivity contribution in [2.45, 2.75) is 13.3 Å². The molecule has 0 spiro atoms. The van der Waals surface area contributed by atoms with Gasteiger partial charge in [-0.1, -0.05) is 6.92 Å². The summed E-state index contributed by atoms with van der Waals surface area (Å²) in [6.07, 6.45) is 5.43. The molecule has 100 valence electrons. The summed E-state index contributed by atoms with van der Waals surface area (Å²) in [7, 11) is 1.69. The van der Waals surface area contributed by atoms with Crippen molar-refractivity contribution in [2.75, 3.05) is 12.3 Å². The predicted octanol–water partition coefficient (Wildman–Crippen LogP) is 1.42. The monoisotopic (exact) mass is 260 g/mol. The molecule has 19 heavy (non-hydrogen) atoms. The average molecular weight is 260 g/mol. The highest BCUT2D eigenvalue weighted by Gasteiger charge is 2.16. The van der Waals surface area contributed by atoms with Crippen molar-refractivity contribution in [1.29, 1.82) is 0 Å². The molecule has 0 saturated carbocycles. The van der Waals surface area contributed by atoms with Gasteiger partial charge in [0.25, 0.3) is 0 Å². The Bertz CT molecular complexity index is 592. The van der Waals surface area contributed by atoms with Crippen molar-refractivity contribution < 1.29 is 9.53 Å². The highest BCUT2D eigenvalue weighted by Crippen LogP contribution is 2.18. The van der Waals surface area contributed by atoms with Crippen LogP contribution in [-0.4, -0.2) is 27.2 Å². The van der Waals surface area contributed by atoms with Crippen LogP contribution in [0.5, 0.6) is 5.75 Å². The molecule has 0 aromatic carbocycles. The molecule has 2 aromatic rings. The highest BCUT2D eigenvalue weighted by atomic mass is 16.5. The van der Waals surface area contributed by atoms with E-state index in [0.29, 0.717) is 29.3 Å². The summed E-state index contributed by atoms with van der Waals surface area (Å²) in [6, 6.07) is 1.66. The van der Waals surface area contributed by atoms with Crippen molar-refractivity contribution in [3.63, 3.8) is 0 Å². The van der Waals surface area contributed by atoms with E-state index in [1.165, 1.54) is 17.1 Å². The third-order valence-electron chi connectivity index (χ3n) is 2.68. The second-order valence-corrected chi connectivity index (χ2v) is 4.15. The van der Waals surface area contributed by atoms with Gasteiger partial charge in [0.15, 0.2) is 5.78 Å². The van der Waals surface area contributed by atoms with E-state index < -0.39 is 0 Å². The van der Waals surface area contributed by atoms with Crippen molar-refractivity contribution in [3.05, 3.63) is 35.8 Å². The highest BCUT2D eigenvalue weighted by molar-refractivity contribution is 6.11. The number of aromatic nitrogens is 3. The molecule has 0 amide bonds. The van der Waals surface area contributed by atoms with E-state index in [0.717, 1.165) is 6.42 Å². The number of ketones is 1. The summed E-state index contributed by atoms with van der Waals surface area (Å²) in [5.74, 6) is 0.708. The fraction of sp³-hybridized carbons (Fsp3) is 0.308. The lowest BCUT2D eigenvalue weighted by atomic mass is 10.1. The van der Waals surface area contributed by atoms with E-state index in [1.807, 2.05) is 6.92 Å². The van der Waals surface area contributed by atoms with Gasteiger partial charge in [-0.15, -0.1) is 0 Å². The van der Waals surface area contributed by atoms with Crippen LogP contribution in [0.25, 0.3) is 0 Å². The molecule has 2 aromatic heterocycles. The molecule has 0 unspecified atom stereocenters. The minimum atomic E-state index is -0.208. The summed E-state index contributed by atoms with van der Waals surface area (Å²) in [5, 5.41) is 3.95. The van der Waals surface area contributed by atoms with Gasteiger partial charge in [0.1, 0.15) is 11.6 Å². The Balaban J connectivity index is 2.26. The first-order chi connectivity index (χ1) is 9.13. The number of aryl methyl sites for hydroxylation is 1. The molecule has 0 aliphatic heterocycles. The second kappa shape index (κ2) is 5.51. The van der Waals surface area contributed by atoms with Gasteiger partial charge in [0, 0.05) is 18.8 Å². The lowest BCUT2D eigenvalue weighted by Crippen LogP contribution is -2.07. The Morgan fingerprint density at radius 2 is 2.21 bits per heavy atom. The molecule has 2 N–H and O–H groups in total. The second-order valence-electron chi connectivity index (χ2n) is 4.15. The number of hydrogen-bond donors (Lipinski definition) is 1. The predicted molar refractivity (Wildman–Crippen MR) is 71.1 cm³/mol. The topological polar surface area (TPSA) is 83.0 Å². The maximum Gasteiger partial charge on any atom is 0.200 e. The van der Waals surface area contributed by atoms with E-state index in [9.17, 15) is 4.79 Å². The zero-order valence-electron chi connectivity index (χ0n) is 11.0. The molecule has 0 aliphatic carbocycles. The molecule has 0 aliphatic rings. The number of nitrogen functional groups attached to an aromatic ring is 1. The smallest absolute Gasteiger partial charge is 0.200 e. The number of pyridine rings is 1. The summed E-state index contributed by atoms with van der Waals surface area (Å²) in [6.45, 7) is 2.60. The standard InChI is InChI=1S/C13H16N4O2/c1-3-4-19-10-5-9(6-15-7-10)12(18)11-8-16-17(2)13(11)14/h5-8H,3-4,14H2,1-2H3. The van der Waals surface area contributed by atoms with Crippen LogP contribution in [0.4, 0.5) is 5.82 Å². The molecular formula is C13H16N4O2. The Morgan fingerprint density at radius 1 is 1.42 bits per heavy atom. The first-order valence-corrected chi connectivity index (χ1v) is 6.03. The van der Waals surface area contributed by atoms with Gasteiger partial charge in [-0.3, -0.25) is 14.5 Å². The minimum absolute atomic E-state index is 0.208. The average Bonchev–Trinajstić information content (AvgIpc) is 2.76. The van der Waals surface area contributed by atoms with E-state index in [1.54, 1.807) is 19.3 Å². The fourth-order valence-electron chi connectivity index (χ4n) is 1.62. The van der Waals surface area contributed by atoms with E-state index in [-0.39, 0.29) is 5.78 Å². The molecule has 0 saturated heterocycles. The number of carbonyl (C=O) groups is 1. The Hall–Kier alpha value is -2.37. The van der Waals surface area contributed by atoms with Crippen LogP contribution in [0.15, 0.2) is 24.7 Å². The van der Waals surface area contributed by atoms with Crippen molar-refractivity contribution in [1.82, 2.24) is 14.8 Å². The van der Waals surface area contributed by atoms with Gasteiger partial charge in [-0.25, -0.2) is 0 Å². The van der Waals surface area contributed by atoms with E-state index >= 15 is 0 Å². The Morgan fingerprint density at radius 3 is 2.84 bits per heavy atom. The van der Waals surface area contributed by atoms with Gasteiger partial charge in [-0.05, 0) is 12.5 Å². The van der Waals surface area contributed by atoms with Crippen molar-refractivity contribution >= 4 is 11.6 Å². The van der Waals surface area contributed by atoms with Crippen molar-refractivity contribution in [2.24, 2.45) is 7.05 Å². The SMILES string of the molecule is CCCOc1cncc(C(=O)c2cnn(C)c2N)c1.